The van der Waals surface area contributed by atoms with E-state index in [9.17, 15) is 9.90 Å². The van der Waals surface area contributed by atoms with Crippen molar-refractivity contribution in [2.24, 2.45) is 0 Å². The van der Waals surface area contributed by atoms with E-state index in [2.05, 4.69) is 4.74 Å². The zero-order chi connectivity index (χ0) is 17.5. The summed E-state index contributed by atoms with van der Waals surface area (Å²) >= 11 is 12.0. The fraction of sp³-hybridized carbons (Fsp3) is 0.316. The third kappa shape index (κ3) is 5.23. The van der Waals surface area contributed by atoms with Crippen LogP contribution in [-0.4, -0.2) is 18.2 Å². The Morgan fingerprint density at radius 3 is 2.42 bits per heavy atom. The van der Waals surface area contributed by atoms with Crippen LogP contribution in [0.5, 0.6) is 0 Å². The fourth-order valence-electron chi connectivity index (χ4n) is 2.70. The summed E-state index contributed by atoms with van der Waals surface area (Å²) in [6.07, 6.45) is 0.868. The SMILES string of the molecule is COC(=O)CCC[C@H](c1cccc(Cl)c1)[C@@H](O)c1ccc(Cl)cc1. The van der Waals surface area contributed by atoms with Gasteiger partial charge in [0.15, 0.2) is 0 Å². The molecule has 3 nitrogen and oxygen atoms in total. The number of aliphatic hydroxyl groups is 1. The number of hydrogen-bond acceptors (Lipinski definition) is 3. The van der Waals surface area contributed by atoms with Crippen molar-refractivity contribution < 1.29 is 14.6 Å². The van der Waals surface area contributed by atoms with Gasteiger partial charge >= 0.3 is 5.97 Å². The van der Waals surface area contributed by atoms with Crippen molar-refractivity contribution in [3.8, 4) is 0 Å². The Balaban J connectivity index is 2.21. The molecule has 128 valence electrons. The molecule has 1 N–H and O–H groups in total. The Hall–Kier alpha value is -1.55. The van der Waals surface area contributed by atoms with Crippen LogP contribution in [0.1, 0.15) is 42.4 Å². The zero-order valence-corrected chi connectivity index (χ0v) is 14.9. The highest BCUT2D eigenvalue weighted by Crippen LogP contribution is 2.36. The molecule has 0 aliphatic carbocycles. The average Bonchev–Trinajstić information content (AvgIpc) is 2.58. The monoisotopic (exact) mass is 366 g/mol. The van der Waals surface area contributed by atoms with Gasteiger partial charge in [-0.3, -0.25) is 4.79 Å². The number of rotatable bonds is 7. The first kappa shape index (κ1) is 18.8. The highest BCUT2D eigenvalue weighted by Gasteiger charge is 2.23. The predicted molar refractivity (Wildman–Crippen MR) is 96.5 cm³/mol. The molecule has 2 atom stereocenters. The van der Waals surface area contributed by atoms with Crippen LogP contribution in [0.25, 0.3) is 0 Å². The van der Waals surface area contributed by atoms with Gasteiger partial charge in [0.05, 0.1) is 13.2 Å². The zero-order valence-electron chi connectivity index (χ0n) is 13.4. The number of aliphatic hydroxyl groups excluding tert-OH is 1. The van der Waals surface area contributed by atoms with E-state index >= 15 is 0 Å². The van der Waals surface area contributed by atoms with Crippen molar-refractivity contribution in [3.05, 3.63) is 69.7 Å². The Bertz CT molecular complexity index is 671. The normalized spacial score (nSPS) is 13.3. The van der Waals surface area contributed by atoms with Gasteiger partial charge in [-0.05, 0) is 48.2 Å². The number of methoxy groups -OCH3 is 1. The first-order valence-electron chi connectivity index (χ1n) is 7.77. The standard InChI is InChI=1S/C19H20Cl2O3/c1-24-18(22)7-3-6-17(14-4-2-5-16(21)12-14)19(23)13-8-10-15(20)11-9-13/h2,4-5,8-12,17,19,23H,3,6-7H2,1H3/t17-,19+/m1/s1. The molecule has 0 heterocycles. The van der Waals surface area contributed by atoms with Crippen LogP contribution in [0.2, 0.25) is 10.0 Å². The van der Waals surface area contributed by atoms with Crippen molar-refractivity contribution in [3.63, 3.8) is 0 Å². The van der Waals surface area contributed by atoms with Crippen LogP contribution in [0, 0.1) is 0 Å². The minimum absolute atomic E-state index is 0.172. The summed E-state index contributed by atoms with van der Waals surface area (Å²) in [7, 11) is 1.37. The van der Waals surface area contributed by atoms with Crippen molar-refractivity contribution in [2.75, 3.05) is 7.11 Å². The predicted octanol–water partition coefficient (Wildman–Crippen LogP) is 5.15. The van der Waals surface area contributed by atoms with Crippen molar-refractivity contribution in [2.45, 2.75) is 31.3 Å². The minimum Gasteiger partial charge on any atom is -0.469 e. The van der Waals surface area contributed by atoms with E-state index in [4.69, 9.17) is 23.2 Å². The van der Waals surface area contributed by atoms with E-state index in [0.29, 0.717) is 29.3 Å². The Morgan fingerprint density at radius 1 is 1.08 bits per heavy atom. The van der Waals surface area contributed by atoms with Gasteiger partial charge in [0.25, 0.3) is 0 Å². The van der Waals surface area contributed by atoms with Gasteiger partial charge in [0.2, 0.25) is 0 Å². The van der Waals surface area contributed by atoms with Crippen LogP contribution >= 0.6 is 23.2 Å². The summed E-state index contributed by atoms with van der Waals surface area (Å²) in [5, 5.41) is 12.1. The first-order chi connectivity index (χ1) is 11.5. The van der Waals surface area contributed by atoms with E-state index in [-0.39, 0.29) is 11.9 Å². The molecular formula is C19H20Cl2O3. The number of benzene rings is 2. The molecule has 0 bridgehead atoms. The molecule has 0 saturated heterocycles. The second-order valence-corrected chi connectivity index (χ2v) is 6.50. The molecule has 2 aromatic rings. The molecule has 0 aromatic heterocycles. The van der Waals surface area contributed by atoms with Crippen LogP contribution < -0.4 is 0 Å². The summed E-state index contributed by atoms with van der Waals surface area (Å²) in [5.74, 6) is -0.421. The van der Waals surface area contributed by atoms with E-state index < -0.39 is 6.10 Å². The van der Waals surface area contributed by atoms with Gasteiger partial charge in [-0.1, -0.05) is 47.5 Å². The summed E-state index contributed by atoms with van der Waals surface area (Å²) < 4.78 is 4.68. The maximum absolute atomic E-state index is 11.3. The maximum atomic E-state index is 11.3. The van der Waals surface area contributed by atoms with Gasteiger partial charge in [0, 0.05) is 22.4 Å². The molecule has 2 rings (SSSR count). The van der Waals surface area contributed by atoms with Crippen LogP contribution in [-0.2, 0) is 9.53 Å². The van der Waals surface area contributed by atoms with Crippen molar-refractivity contribution in [1.29, 1.82) is 0 Å². The topological polar surface area (TPSA) is 46.5 Å². The molecule has 0 aliphatic rings. The molecule has 2 aromatic carbocycles. The molecule has 0 saturated carbocycles. The molecular weight excluding hydrogens is 347 g/mol. The fourth-order valence-corrected chi connectivity index (χ4v) is 3.03. The van der Waals surface area contributed by atoms with Crippen LogP contribution in [0.3, 0.4) is 0 Å². The number of esters is 1. The summed E-state index contributed by atoms with van der Waals surface area (Å²) in [5.41, 5.74) is 1.72. The van der Waals surface area contributed by atoms with E-state index in [1.54, 1.807) is 18.2 Å². The summed E-state index contributed by atoms with van der Waals surface area (Å²) in [4.78, 5) is 11.3. The highest BCUT2D eigenvalue weighted by atomic mass is 35.5. The Kier molecular flexibility index (Phi) is 7.10. The molecule has 0 unspecified atom stereocenters. The molecule has 0 radical (unpaired) electrons. The second-order valence-electron chi connectivity index (χ2n) is 5.63. The van der Waals surface area contributed by atoms with E-state index in [0.717, 1.165) is 11.1 Å². The Labute approximate surface area is 152 Å². The number of ether oxygens (including phenoxy) is 1. The lowest BCUT2D eigenvalue weighted by atomic mass is 9.85. The van der Waals surface area contributed by atoms with Gasteiger partial charge < -0.3 is 9.84 Å². The van der Waals surface area contributed by atoms with E-state index in [1.807, 2.05) is 30.3 Å². The average molecular weight is 367 g/mol. The lowest BCUT2D eigenvalue weighted by molar-refractivity contribution is -0.140. The lowest BCUT2D eigenvalue weighted by Gasteiger charge is -2.24. The van der Waals surface area contributed by atoms with Gasteiger partial charge in [-0.2, -0.15) is 0 Å². The third-order valence-electron chi connectivity index (χ3n) is 3.99. The molecule has 0 fully saturated rings. The molecule has 0 spiro atoms. The number of carbonyl (C=O) groups is 1. The van der Waals surface area contributed by atoms with Gasteiger partial charge in [-0.25, -0.2) is 0 Å². The smallest absolute Gasteiger partial charge is 0.305 e. The molecule has 5 heteroatoms. The van der Waals surface area contributed by atoms with Crippen molar-refractivity contribution >= 4 is 29.2 Å². The molecule has 0 aliphatic heterocycles. The number of hydrogen-bond donors (Lipinski definition) is 1. The van der Waals surface area contributed by atoms with Crippen LogP contribution in [0.15, 0.2) is 48.5 Å². The molecule has 24 heavy (non-hydrogen) atoms. The van der Waals surface area contributed by atoms with E-state index in [1.165, 1.54) is 7.11 Å². The second kappa shape index (κ2) is 9.07. The molecule has 0 amide bonds. The van der Waals surface area contributed by atoms with Gasteiger partial charge in [0.1, 0.15) is 0 Å². The Morgan fingerprint density at radius 2 is 1.79 bits per heavy atom. The van der Waals surface area contributed by atoms with Gasteiger partial charge in [-0.15, -0.1) is 0 Å². The quantitative estimate of drug-likeness (QED) is 0.688. The summed E-state index contributed by atoms with van der Waals surface area (Å²) in [6.45, 7) is 0. The summed E-state index contributed by atoms with van der Waals surface area (Å²) in [6, 6.07) is 14.6. The number of halogens is 2. The minimum atomic E-state index is -0.710. The van der Waals surface area contributed by atoms with Crippen molar-refractivity contribution in [1.82, 2.24) is 0 Å². The third-order valence-corrected chi connectivity index (χ3v) is 4.48. The first-order valence-corrected chi connectivity index (χ1v) is 8.52. The highest BCUT2D eigenvalue weighted by molar-refractivity contribution is 6.30. The largest absolute Gasteiger partial charge is 0.469 e. The van der Waals surface area contributed by atoms with Crippen LogP contribution in [0.4, 0.5) is 0 Å². The lowest BCUT2D eigenvalue weighted by Crippen LogP contribution is -2.12. The maximum Gasteiger partial charge on any atom is 0.305 e. The number of carbonyl (C=O) groups excluding carboxylic acids is 1.